The van der Waals surface area contributed by atoms with E-state index in [0.29, 0.717) is 13.1 Å². The number of aryl methyl sites for hydroxylation is 2. The molecule has 1 N–H and O–H groups in total. The van der Waals surface area contributed by atoms with Crippen molar-refractivity contribution in [3.05, 3.63) is 89.2 Å². The van der Waals surface area contributed by atoms with Crippen LogP contribution in [0.5, 0.6) is 5.75 Å². The highest BCUT2D eigenvalue weighted by atomic mass is 32.2. The summed E-state index contributed by atoms with van der Waals surface area (Å²) in [6.45, 7) is 8.98. The van der Waals surface area contributed by atoms with Gasteiger partial charge < -0.3 is 14.4 Å². The minimum Gasteiger partial charge on any atom is -0.379 e. The third-order valence-electron chi connectivity index (χ3n) is 5.24. The lowest BCUT2D eigenvalue weighted by molar-refractivity contribution is 0.201. The van der Waals surface area contributed by atoms with E-state index in [2.05, 4.69) is 5.32 Å². The topological polar surface area (TPSA) is 75.7 Å². The van der Waals surface area contributed by atoms with Gasteiger partial charge in [0, 0.05) is 18.8 Å². The normalized spacial score (nSPS) is 11.4. The van der Waals surface area contributed by atoms with Gasteiger partial charge in [-0.1, -0.05) is 32.0 Å². The van der Waals surface area contributed by atoms with Crippen molar-refractivity contribution in [3.63, 3.8) is 0 Å². The Bertz CT molecular complexity index is 1240. The molecule has 3 aromatic carbocycles. The van der Waals surface area contributed by atoms with E-state index < -0.39 is 15.9 Å². The maximum absolute atomic E-state index is 13.1. The molecular weight excluding hydrogens is 455 g/mol. The average molecular weight is 485 g/mol. The first-order chi connectivity index (χ1) is 16.0. The van der Waals surface area contributed by atoms with E-state index in [4.69, 9.17) is 4.18 Å². The van der Waals surface area contributed by atoms with Crippen molar-refractivity contribution in [2.45, 2.75) is 39.1 Å². The molecule has 0 aromatic heterocycles. The number of halogens is 1. The van der Waals surface area contributed by atoms with Crippen LogP contribution in [0.25, 0.3) is 0 Å². The first-order valence-corrected chi connectivity index (χ1v) is 12.4. The van der Waals surface area contributed by atoms with Gasteiger partial charge in [-0.05, 0) is 85.0 Å². The van der Waals surface area contributed by atoms with Crippen molar-refractivity contribution >= 4 is 21.8 Å². The average Bonchev–Trinajstić information content (AvgIpc) is 2.77. The summed E-state index contributed by atoms with van der Waals surface area (Å²) < 4.78 is 43.0. The van der Waals surface area contributed by atoms with E-state index in [0.717, 1.165) is 46.6 Å². The Labute approximate surface area is 200 Å². The number of hydrogen-bond donors (Lipinski definition) is 1. The molecule has 8 heteroatoms. The van der Waals surface area contributed by atoms with Crippen molar-refractivity contribution in [1.29, 1.82) is 0 Å². The number of amides is 2. The lowest BCUT2D eigenvalue weighted by Gasteiger charge is -2.25. The fraction of sp³-hybridized carbons (Fsp3) is 0.269. The Kier molecular flexibility index (Phi) is 7.94. The Morgan fingerprint density at radius 1 is 0.971 bits per heavy atom. The molecule has 0 unspecified atom stereocenters. The van der Waals surface area contributed by atoms with Crippen molar-refractivity contribution in [3.8, 4) is 5.75 Å². The van der Waals surface area contributed by atoms with E-state index in [1.165, 1.54) is 12.1 Å². The second-order valence-electron chi connectivity index (χ2n) is 8.64. The van der Waals surface area contributed by atoms with Gasteiger partial charge in [0.1, 0.15) is 16.5 Å². The highest BCUT2D eigenvalue weighted by molar-refractivity contribution is 7.87. The molecule has 180 valence electrons. The number of anilines is 1. The van der Waals surface area contributed by atoms with E-state index in [1.54, 1.807) is 17.0 Å². The molecular formula is C26H29FN2O4S. The molecule has 3 aromatic rings. The van der Waals surface area contributed by atoms with E-state index in [1.807, 2.05) is 45.9 Å². The van der Waals surface area contributed by atoms with Gasteiger partial charge in [-0.25, -0.2) is 9.18 Å². The van der Waals surface area contributed by atoms with Crippen molar-refractivity contribution < 1.29 is 21.8 Å². The molecule has 6 nitrogen and oxygen atoms in total. The molecule has 34 heavy (non-hydrogen) atoms. The van der Waals surface area contributed by atoms with Crippen LogP contribution in [0.4, 0.5) is 14.9 Å². The fourth-order valence-corrected chi connectivity index (χ4v) is 4.26. The van der Waals surface area contributed by atoms with Gasteiger partial charge in [0.2, 0.25) is 0 Å². The molecule has 0 aliphatic heterocycles. The number of benzene rings is 3. The predicted molar refractivity (Wildman–Crippen MR) is 131 cm³/mol. The Morgan fingerprint density at radius 3 is 2.21 bits per heavy atom. The van der Waals surface area contributed by atoms with Gasteiger partial charge in [-0.15, -0.1) is 0 Å². The minimum absolute atomic E-state index is 0.128. The van der Waals surface area contributed by atoms with Crippen LogP contribution in [-0.4, -0.2) is 25.9 Å². The third kappa shape index (κ3) is 6.81. The van der Waals surface area contributed by atoms with Crippen molar-refractivity contribution in [1.82, 2.24) is 4.90 Å². The first-order valence-electron chi connectivity index (χ1n) is 11.0. The molecule has 0 fully saturated rings. The zero-order chi connectivity index (χ0) is 24.9. The lowest BCUT2D eigenvalue weighted by atomic mass is 10.1. The largest absolute Gasteiger partial charge is 0.379 e. The predicted octanol–water partition coefficient (Wildman–Crippen LogP) is 5.90. The van der Waals surface area contributed by atoms with Gasteiger partial charge in [-0.2, -0.15) is 8.42 Å². The first kappa shape index (κ1) is 25.2. The molecule has 2 amide bonds. The maximum Gasteiger partial charge on any atom is 0.339 e. The Hall–Kier alpha value is -3.39. The summed E-state index contributed by atoms with van der Waals surface area (Å²) in [5.41, 5.74) is 3.80. The number of hydrogen-bond acceptors (Lipinski definition) is 4. The fourth-order valence-electron chi connectivity index (χ4n) is 3.33. The number of nitrogens with one attached hydrogen (secondary N) is 1. The van der Waals surface area contributed by atoms with Crippen LogP contribution < -0.4 is 9.50 Å². The summed E-state index contributed by atoms with van der Waals surface area (Å²) in [6, 6.07) is 16.5. The van der Waals surface area contributed by atoms with Gasteiger partial charge in [0.05, 0.1) is 0 Å². The SMILES string of the molecule is Cc1ccc(NC(=O)N(Cc2ccc(OS(=O)(=O)c3ccc(F)cc3)cc2)CC(C)C)cc1C. The number of urea groups is 1. The molecule has 0 heterocycles. The smallest absolute Gasteiger partial charge is 0.339 e. The van der Waals surface area contributed by atoms with Crippen LogP contribution in [0, 0.1) is 25.6 Å². The minimum atomic E-state index is -4.08. The number of carbonyl (C=O) groups is 1. The molecule has 3 rings (SSSR count). The van der Waals surface area contributed by atoms with Crippen LogP contribution in [0.15, 0.2) is 71.6 Å². The highest BCUT2D eigenvalue weighted by Crippen LogP contribution is 2.21. The summed E-state index contributed by atoms with van der Waals surface area (Å²) >= 11 is 0. The van der Waals surface area contributed by atoms with Gasteiger partial charge in [-0.3, -0.25) is 0 Å². The van der Waals surface area contributed by atoms with Crippen molar-refractivity contribution in [2.24, 2.45) is 5.92 Å². The number of carbonyl (C=O) groups excluding carboxylic acids is 1. The Morgan fingerprint density at radius 2 is 1.62 bits per heavy atom. The van der Waals surface area contributed by atoms with Gasteiger partial charge >= 0.3 is 16.1 Å². The summed E-state index contributed by atoms with van der Waals surface area (Å²) in [5.74, 6) is -0.146. The van der Waals surface area contributed by atoms with E-state index in [-0.39, 0.29) is 22.6 Å². The molecule has 0 saturated carbocycles. The van der Waals surface area contributed by atoms with E-state index in [9.17, 15) is 17.6 Å². The van der Waals surface area contributed by atoms with Gasteiger partial charge in [0.15, 0.2) is 0 Å². The van der Waals surface area contributed by atoms with E-state index >= 15 is 0 Å². The molecule has 0 aliphatic carbocycles. The third-order valence-corrected chi connectivity index (χ3v) is 6.50. The molecule has 0 spiro atoms. The van der Waals surface area contributed by atoms with Crippen LogP contribution >= 0.6 is 0 Å². The van der Waals surface area contributed by atoms with Crippen molar-refractivity contribution in [2.75, 3.05) is 11.9 Å². The molecule has 0 radical (unpaired) electrons. The zero-order valence-electron chi connectivity index (χ0n) is 19.7. The highest BCUT2D eigenvalue weighted by Gasteiger charge is 2.18. The molecule has 0 aliphatic rings. The van der Waals surface area contributed by atoms with Crippen LogP contribution in [0.1, 0.15) is 30.5 Å². The molecule has 0 atom stereocenters. The maximum atomic E-state index is 13.1. The zero-order valence-corrected chi connectivity index (χ0v) is 20.5. The summed E-state index contributed by atoms with van der Waals surface area (Å²) in [5, 5.41) is 2.96. The van der Waals surface area contributed by atoms with Crippen LogP contribution in [-0.2, 0) is 16.7 Å². The second-order valence-corrected chi connectivity index (χ2v) is 10.2. The van der Waals surface area contributed by atoms with Gasteiger partial charge in [0.25, 0.3) is 0 Å². The number of rotatable bonds is 8. The Balaban J connectivity index is 1.70. The summed E-state index contributed by atoms with van der Waals surface area (Å²) in [7, 11) is -4.08. The summed E-state index contributed by atoms with van der Waals surface area (Å²) in [6.07, 6.45) is 0. The molecule has 0 bridgehead atoms. The summed E-state index contributed by atoms with van der Waals surface area (Å²) in [4.78, 5) is 14.5. The monoisotopic (exact) mass is 484 g/mol. The van der Waals surface area contributed by atoms with Crippen LogP contribution in [0.3, 0.4) is 0 Å². The standard InChI is InChI=1S/C26H29FN2O4S/c1-18(2)16-29(26(30)28-23-10-5-19(3)20(4)15-23)17-21-6-11-24(12-7-21)33-34(31,32)25-13-8-22(27)9-14-25/h5-15,18H,16-17H2,1-4H3,(H,28,30). The molecule has 0 saturated heterocycles. The number of nitrogens with zero attached hydrogens (tertiary/aromatic N) is 1. The second kappa shape index (κ2) is 10.7. The lowest BCUT2D eigenvalue weighted by Crippen LogP contribution is -2.37. The van der Waals surface area contributed by atoms with Crippen LogP contribution in [0.2, 0.25) is 0 Å². The quantitative estimate of drug-likeness (QED) is 0.404.